The Balaban J connectivity index is 2.62. The van der Waals surface area contributed by atoms with E-state index in [2.05, 4.69) is 0 Å². The van der Waals surface area contributed by atoms with Gasteiger partial charge in [-0.25, -0.2) is 0 Å². The number of benzene rings is 2. The summed E-state index contributed by atoms with van der Waals surface area (Å²) in [6.07, 6.45) is 3.05. The molecular formula is C25H32O4. The molecule has 4 nitrogen and oxygen atoms in total. The van der Waals surface area contributed by atoms with Crippen molar-refractivity contribution in [2.75, 3.05) is 13.2 Å². The lowest BCUT2D eigenvalue weighted by Crippen LogP contribution is -2.34. The smallest absolute Gasteiger partial charge is 0.130 e. The van der Waals surface area contributed by atoms with Gasteiger partial charge >= 0.3 is 0 Å². The molecule has 0 fully saturated rings. The average molecular weight is 397 g/mol. The van der Waals surface area contributed by atoms with Gasteiger partial charge < -0.3 is 20.4 Å². The van der Waals surface area contributed by atoms with E-state index in [4.69, 9.17) is 0 Å². The minimum atomic E-state index is -1.69. The zero-order valence-electron chi connectivity index (χ0n) is 18.2. The second kappa shape index (κ2) is 8.85. The largest absolute Gasteiger partial charge is 0.511 e. The molecule has 156 valence electrons. The van der Waals surface area contributed by atoms with Crippen molar-refractivity contribution in [2.45, 2.75) is 41.5 Å². The lowest BCUT2D eigenvalue weighted by Gasteiger charge is -2.29. The fourth-order valence-electron chi connectivity index (χ4n) is 3.89. The highest BCUT2D eigenvalue weighted by atomic mass is 16.3. The van der Waals surface area contributed by atoms with E-state index in [-0.39, 0.29) is 11.5 Å². The number of rotatable bonds is 6. The van der Waals surface area contributed by atoms with Crippen LogP contribution in [-0.2, 0) is 0 Å². The van der Waals surface area contributed by atoms with Gasteiger partial charge in [-0.3, -0.25) is 0 Å². The van der Waals surface area contributed by atoms with E-state index in [9.17, 15) is 20.4 Å². The summed E-state index contributed by atoms with van der Waals surface area (Å²) >= 11 is 0. The summed E-state index contributed by atoms with van der Waals surface area (Å²) in [6.45, 7) is 10.5. The zero-order chi connectivity index (χ0) is 21.9. The van der Waals surface area contributed by atoms with Gasteiger partial charge in [0.15, 0.2) is 0 Å². The molecule has 0 aliphatic carbocycles. The van der Waals surface area contributed by atoms with Crippen molar-refractivity contribution in [1.29, 1.82) is 0 Å². The highest BCUT2D eigenvalue weighted by Crippen LogP contribution is 2.36. The molecule has 0 amide bonds. The second-order valence-electron chi connectivity index (χ2n) is 8.08. The summed E-state index contributed by atoms with van der Waals surface area (Å²) < 4.78 is 0. The first-order valence-corrected chi connectivity index (χ1v) is 9.75. The Morgan fingerprint density at radius 2 is 0.931 bits per heavy atom. The predicted molar refractivity (Wildman–Crippen MR) is 119 cm³/mol. The highest BCUT2D eigenvalue weighted by Gasteiger charge is 2.39. The van der Waals surface area contributed by atoms with Crippen LogP contribution in [0.3, 0.4) is 0 Å². The van der Waals surface area contributed by atoms with Gasteiger partial charge in [0.05, 0.1) is 13.2 Å². The Morgan fingerprint density at radius 1 is 0.655 bits per heavy atom. The van der Waals surface area contributed by atoms with Crippen molar-refractivity contribution in [3.05, 3.63) is 80.3 Å². The molecule has 0 aromatic heterocycles. The average Bonchev–Trinajstić information content (AvgIpc) is 2.62. The van der Waals surface area contributed by atoms with Crippen molar-refractivity contribution < 1.29 is 20.4 Å². The molecule has 0 bridgehead atoms. The van der Waals surface area contributed by atoms with Crippen LogP contribution in [0.2, 0.25) is 0 Å². The molecule has 0 saturated heterocycles. The standard InChI is InChI=1S/C25H32O4/c1-15-7-17(3)21(18(4)8-15)11-23(28)25(13-26,14-27)24(29)12-22-19(5)9-16(2)10-20(22)6/h7-12,26-29H,13-14H2,1-6H3. The number of hydrogen-bond acceptors (Lipinski definition) is 4. The van der Waals surface area contributed by atoms with E-state index >= 15 is 0 Å². The van der Waals surface area contributed by atoms with Crippen LogP contribution in [0.5, 0.6) is 0 Å². The number of aliphatic hydroxyl groups is 4. The maximum Gasteiger partial charge on any atom is 0.130 e. The van der Waals surface area contributed by atoms with E-state index in [0.29, 0.717) is 0 Å². The van der Waals surface area contributed by atoms with Crippen molar-refractivity contribution in [3.8, 4) is 0 Å². The molecular weight excluding hydrogens is 364 g/mol. The molecule has 2 rings (SSSR count). The van der Waals surface area contributed by atoms with Crippen LogP contribution in [0.1, 0.15) is 44.5 Å². The number of hydrogen-bond donors (Lipinski definition) is 4. The van der Waals surface area contributed by atoms with Crippen LogP contribution in [0.25, 0.3) is 12.2 Å². The van der Waals surface area contributed by atoms with E-state index in [0.717, 1.165) is 44.5 Å². The molecule has 0 atom stereocenters. The lowest BCUT2D eigenvalue weighted by atomic mass is 9.82. The zero-order valence-corrected chi connectivity index (χ0v) is 18.2. The Bertz CT molecular complexity index is 841. The third-order valence-electron chi connectivity index (χ3n) is 5.56. The highest BCUT2D eigenvalue weighted by molar-refractivity contribution is 5.65. The first kappa shape index (κ1) is 22.7. The SMILES string of the molecule is Cc1cc(C)c(C=C(O)C(CO)(CO)C(O)=Cc2c(C)cc(C)cc2C)c(C)c1. The Kier molecular flexibility index (Phi) is 6.93. The third-order valence-corrected chi connectivity index (χ3v) is 5.56. The number of aliphatic hydroxyl groups excluding tert-OH is 4. The molecule has 0 spiro atoms. The summed E-state index contributed by atoms with van der Waals surface area (Å²) in [7, 11) is 0. The van der Waals surface area contributed by atoms with Gasteiger partial charge in [0.25, 0.3) is 0 Å². The molecule has 2 aromatic rings. The molecule has 2 aromatic carbocycles. The molecule has 0 radical (unpaired) electrons. The predicted octanol–water partition coefficient (Wildman–Crippen LogP) is 5.01. The third kappa shape index (κ3) is 4.55. The Hall–Kier alpha value is -2.56. The fourth-order valence-corrected chi connectivity index (χ4v) is 3.89. The minimum absolute atomic E-state index is 0.284. The van der Waals surface area contributed by atoms with Crippen molar-refractivity contribution >= 4 is 12.2 Å². The van der Waals surface area contributed by atoms with Gasteiger partial charge in [-0.15, -0.1) is 0 Å². The molecule has 0 aliphatic heterocycles. The van der Waals surface area contributed by atoms with Gasteiger partial charge in [0, 0.05) is 0 Å². The summed E-state index contributed by atoms with van der Waals surface area (Å²) in [5, 5.41) is 42.0. The maximum atomic E-state index is 10.9. The molecule has 29 heavy (non-hydrogen) atoms. The topological polar surface area (TPSA) is 80.9 Å². The van der Waals surface area contributed by atoms with Crippen LogP contribution in [0.4, 0.5) is 0 Å². The van der Waals surface area contributed by atoms with Crippen LogP contribution in [0, 0.1) is 47.0 Å². The fraction of sp³-hybridized carbons (Fsp3) is 0.360. The van der Waals surface area contributed by atoms with Crippen molar-refractivity contribution in [3.63, 3.8) is 0 Å². The summed E-state index contributed by atoms with van der Waals surface area (Å²) in [5.74, 6) is -0.567. The monoisotopic (exact) mass is 396 g/mol. The normalized spacial score (nSPS) is 13.1. The molecule has 0 heterocycles. The summed E-state index contributed by atoms with van der Waals surface area (Å²) in [6, 6.07) is 8.00. The van der Waals surface area contributed by atoms with E-state index in [1.54, 1.807) is 0 Å². The Labute approximate surface area is 173 Å². The van der Waals surface area contributed by atoms with Crippen molar-refractivity contribution in [1.82, 2.24) is 0 Å². The number of aryl methyl sites for hydroxylation is 6. The van der Waals surface area contributed by atoms with Crippen LogP contribution >= 0.6 is 0 Å². The first-order chi connectivity index (χ1) is 13.5. The van der Waals surface area contributed by atoms with Gasteiger partial charge in [0.2, 0.25) is 0 Å². The minimum Gasteiger partial charge on any atom is -0.511 e. The molecule has 0 aliphatic rings. The van der Waals surface area contributed by atoms with Gasteiger partial charge in [-0.05, 0) is 87.1 Å². The lowest BCUT2D eigenvalue weighted by molar-refractivity contribution is 0.0487. The van der Waals surface area contributed by atoms with E-state index in [1.165, 1.54) is 12.2 Å². The summed E-state index contributed by atoms with van der Waals surface area (Å²) in [5.41, 5.74) is 6.00. The van der Waals surface area contributed by atoms with E-state index < -0.39 is 18.6 Å². The molecule has 4 N–H and O–H groups in total. The molecule has 4 heteroatoms. The van der Waals surface area contributed by atoms with Gasteiger partial charge in [-0.1, -0.05) is 35.4 Å². The second-order valence-corrected chi connectivity index (χ2v) is 8.08. The van der Waals surface area contributed by atoms with Crippen molar-refractivity contribution in [2.24, 2.45) is 5.41 Å². The maximum absolute atomic E-state index is 10.9. The molecule has 0 unspecified atom stereocenters. The van der Waals surface area contributed by atoms with Crippen LogP contribution in [0.15, 0.2) is 35.8 Å². The van der Waals surface area contributed by atoms with Crippen LogP contribution < -0.4 is 0 Å². The quantitative estimate of drug-likeness (QED) is 0.518. The van der Waals surface area contributed by atoms with Gasteiger partial charge in [-0.2, -0.15) is 0 Å². The molecule has 0 saturated carbocycles. The first-order valence-electron chi connectivity index (χ1n) is 9.75. The van der Waals surface area contributed by atoms with Gasteiger partial charge in [0.1, 0.15) is 16.9 Å². The Morgan fingerprint density at radius 3 is 1.17 bits per heavy atom. The summed E-state index contributed by atoms with van der Waals surface area (Å²) in [4.78, 5) is 0. The van der Waals surface area contributed by atoms with Crippen LogP contribution in [-0.4, -0.2) is 33.6 Å². The van der Waals surface area contributed by atoms with E-state index in [1.807, 2.05) is 65.8 Å².